The molecule has 32 heavy (non-hydrogen) atoms. The van der Waals surface area contributed by atoms with Crippen LogP contribution in [0.15, 0.2) is 72.8 Å². The van der Waals surface area contributed by atoms with Crippen molar-refractivity contribution < 1.29 is 19.1 Å². The zero-order valence-electron chi connectivity index (χ0n) is 18.3. The van der Waals surface area contributed by atoms with Gasteiger partial charge in [0.1, 0.15) is 12.6 Å². The first kappa shape index (κ1) is 24.6. The van der Waals surface area contributed by atoms with Gasteiger partial charge in [-0.15, -0.1) is 0 Å². The van der Waals surface area contributed by atoms with Gasteiger partial charge in [-0.1, -0.05) is 72.8 Å². The van der Waals surface area contributed by atoms with Gasteiger partial charge in [0.2, 0.25) is 11.8 Å². The molecule has 3 aromatic rings. The fourth-order valence-electron chi connectivity index (χ4n) is 2.91. The third kappa shape index (κ3) is 8.20. The number of nitrogens with two attached hydrogens (primary N) is 1. The van der Waals surface area contributed by atoms with Crippen molar-refractivity contribution in [1.82, 2.24) is 10.6 Å². The molecule has 0 heterocycles. The lowest BCUT2D eigenvalue weighted by Crippen LogP contribution is -2.46. The van der Waals surface area contributed by atoms with E-state index < -0.39 is 6.04 Å². The molecule has 0 aromatic heterocycles. The van der Waals surface area contributed by atoms with E-state index >= 15 is 0 Å². The van der Waals surface area contributed by atoms with Crippen molar-refractivity contribution in [3.63, 3.8) is 0 Å². The maximum Gasteiger partial charge on any atom is 0.302 e. The Labute approximate surface area is 187 Å². The number of carbonyl (C=O) groups excluding carboxylic acids is 3. The zero-order chi connectivity index (χ0) is 23.3. The van der Waals surface area contributed by atoms with Crippen LogP contribution in [0.3, 0.4) is 0 Å². The van der Waals surface area contributed by atoms with E-state index in [-0.39, 0.29) is 24.3 Å². The Morgan fingerprint density at radius 2 is 1.59 bits per heavy atom. The Kier molecular flexibility index (Phi) is 9.87. The van der Waals surface area contributed by atoms with E-state index in [4.69, 9.17) is 10.5 Å². The maximum atomic E-state index is 11.9. The third-order valence-electron chi connectivity index (χ3n) is 4.57. The SMILES string of the molecule is CC(=O)OCc1ccccc1.CC(NC(=O)CN)C(=O)NCc1cccc2ccccc12. The van der Waals surface area contributed by atoms with E-state index in [0.29, 0.717) is 13.2 Å². The molecule has 4 N–H and O–H groups in total. The summed E-state index contributed by atoms with van der Waals surface area (Å²) < 4.78 is 4.79. The number of carbonyl (C=O) groups is 3. The van der Waals surface area contributed by atoms with Crippen LogP contribution in [0.1, 0.15) is 25.0 Å². The Bertz CT molecular complexity index is 1030. The summed E-state index contributed by atoms with van der Waals surface area (Å²) in [5, 5.41) is 7.60. The van der Waals surface area contributed by atoms with E-state index in [2.05, 4.69) is 10.6 Å². The summed E-state index contributed by atoms with van der Waals surface area (Å²) in [6, 6.07) is 23.0. The summed E-state index contributed by atoms with van der Waals surface area (Å²) in [5.41, 5.74) is 7.26. The smallest absolute Gasteiger partial charge is 0.302 e. The quantitative estimate of drug-likeness (QED) is 0.494. The number of benzene rings is 3. The van der Waals surface area contributed by atoms with Gasteiger partial charge in [-0.2, -0.15) is 0 Å². The molecule has 2 amide bonds. The molecule has 0 aliphatic heterocycles. The Morgan fingerprint density at radius 3 is 2.28 bits per heavy atom. The number of amides is 2. The van der Waals surface area contributed by atoms with Gasteiger partial charge in [0.25, 0.3) is 0 Å². The average Bonchev–Trinajstić information content (AvgIpc) is 2.82. The molecule has 1 atom stereocenters. The minimum absolute atomic E-state index is 0.124. The number of nitrogens with one attached hydrogen (secondary N) is 2. The van der Waals surface area contributed by atoms with Crippen LogP contribution >= 0.6 is 0 Å². The van der Waals surface area contributed by atoms with Crippen molar-refractivity contribution in [3.05, 3.63) is 83.9 Å². The minimum atomic E-state index is -0.601. The monoisotopic (exact) mass is 435 g/mol. The average molecular weight is 436 g/mol. The van der Waals surface area contributed by atoms with Crippen LogP contribution in [0.4, 0.5) is 0 Å². The van der Waals surface area contributed by atoms with Crippen molar-refractivity contribution >= 4 is 28.6 Å². The van der Waals surface area contributed by atoms with Crippen molar-refractivity contribution in [1.29, 1.82) is 0 Å². The van der Waals surface area contributed by atoms with Gasteiger partial charge >= 0.3 is 5.97 Å². The second-order valence-corrected chi connectivity index (χ2v) is 7.12. The van der Waals surface area contributed by atoms with Crippen molar-refractivity contribution in [2.24, 2.45) is 5.73 Å². The van der Waals surface area contributed by atoms with Gasteiger partial charge in [-0.3, -0.25) is 14.4 Å². The molecule has 0 aliphatic rings. The summed E-state index contributed by atoms with van der Waals surface area (Å²) >= 11 is 0. The predicted octanol–water partition coefficient (Wildman–Crippen LogP) is 2.67. The normalized spacial score (nSPS) is 11.0. The van der Waals surface area contributed by atoms with Crippen LogP contribution in [0.5, 0.6) is 0 Å². The van der Waals surface area contributed by atoms with Crippen LogP contribution in [-0.4, -0.2) is 30.4 Å². The predicted molar refractivity (Wildman–Crippen MR) is 124 cm³/mol. The van der Waals surface area contributed by atoms with Gasteiger partial charge in [0, 0.05) is 13.5 Å². The van der Waals surface area contributed by atoms with Crippen molar-refractivity contribution in [3.8, 4) is 0 Å². The summed E-state index contributed by atoms with van der Waals surface area (Å²) in [5.74, 6) is -0.818. The second kappa shape index (κ2) is 12.9. The van der Waals surface area contributed by atoms with Crippen molar-refractivity contribution in [2.45, 2.75) is 33.0 Å². The van der Waals surface area contributed by atoms with Gasteiger partial charge in [-0.05, 0) is 28.8 Å². The molecule has 7 heteroatoms. The van der Waals surface area contributed by atoms with E-state index in [0.717, 1.165) is 21.9 Å². The number of hydrogen-bond acceptors (Lipinski definition) is 5. The van der Waals surface area contributed by atoms with Crippen LogP contribution in [0, 0.1) is 0 Å². The standard InChI is InChI=1S/C16H19N3O2.C9H10O2/c1-11(19-15(20)9-17)16(21)18-10-13-7-4-6-12-5-2-3-8-14(12)13;1-8(10)11-7-9-5-3-2-4-6-9/h2-8,11H,9-10,17H2,1H3,(H,18,21)(H,19,20);2-6H,7H2,1H3. The molecule has 168 valence electrons. The number of ether oxygens (including phenoxy) is 1. The van der Waals surface area contributed by atoms with E-state index in [9.17, 15) is 14.4 Å². The first-order valence-corrected chi connectivity index (χ1v) is 10.3. The van der Waals surface area contributed by atoms with E-state index in [1.165, 1.54) is 6.92 Å². The molecule has 0 saturated carbocycles. The Hall–Kier alpha value is -3.71. The highest BCUT2D eigenvalue weighted by Crippen LogP contribution is 2.18. The lowest BCUT2D eigenvalue weighted by Gasteiger charge is -2.14. The molecular formula is C25H29N3O4. The van der Waals surface area contributed by atoms with Gasteiger partial charge in [-0.25, -0.2) is 0 Å². The van der Waals surface area contributed by atoms with E-state index in [1.807, 2.05) is 72.8 Å². The zero-order valence-corrected chi connectivity index (χ0v) is 18.3. The van der Waals surface area contributed by atoms with Gasteiger partial charge < -0.3 is 21.1 Å². The topological polar surface area (TPSA) is 111 Å². The van der Waals surface area contributed by atoms with Crippen LogP contribution in [0.25, 0.3) is 10.8 Å². The molecule has 0 aliphatic carbocycles. The molecule has 1 unspecified atom stereocenters. The molecular weight excluding hydrogens is 406 g/mol. The highest BCUT2D eigenvalue weighted by Gasteiger charge is 2.14. The molecule has 0 fully saturated rings. The van der Waals surface area contributed by atoms with Crippen LogP contribution in [0.2, 0.25) is 0 Å². The molecule has 0 spiro atoms. The highest BCUT2D eigenvalue weighted by atomic mass is 16.5. The van der Waals surface area contributed by atoms with Crippen LogP contribution < -0.4 is 16.4 Å². The fraction of sp³-hybridized carbons (Fsp3) is 0.240. The largest absolute Gasteiger partial charge is 0.461 e. The summed E-state index contributed by atoms with van der Waals surface area (Å²) in [6.45, 7) is 3.70. The minimum Gasteiger partial charge on any atom is -0.461 e. The first-order valence-electron chi connectivity index (χ1n) is 10.3. The first-order chi connectivity index (χ1) is 15.4. The molecule has 0 bridgehead atoms. The lowest BCUT2D eigenvalue weighted by molar-refractivity contribution is -0.142. The van der Waals surface area contributed by atoms with Gasteiger partial charge in [0.05, 0.1) is 6.54 Å². The van der Waals surface area contributed by atoms with Crippen LogP contribution in [-0.2, 0) is 32.3 Å². The highest BCUT2D eigenvalue weighted by molar-refractivity contribution is 5.89. The number of esters is 1. The van der Waals surface area contributed by atoms with E-state index in [1.54, 1.807) is 6.92 Å². The molecule has 3 aromatic carbocycles. The molecule has 3 rings (SSSR count). The molecule has 0 radical (unpaired) electrons. The number of rotatable bonds is 7. The summed E-state index contributed by atoms with van der Waals surface area (Å²) in [6.07, 6.45) is 0. The number of fused-ring (bicyclic) bond motifs is 1. The lowest BCUT2D eigenvalue weighted by atomic mass is 10.0. The van der Waals surface area contributed by atoms with Crippen molar-refractivity contribution in [2.75, 3.05) is 6.54 Å². The Morgan fingerprint density at radius 1 is 0.938 bits per heavy atom. The second-order valence-electron chi connectivity index (χ2n) is 7.12. The maximum absolute atomic E-state index is 11.9. The molecule has 7 nitrogen and oxygen atoms in total. The summed E-state index contributed by atoms with van der Waals surface area (Å²) in [4.78, 5) is 33.5. The fourth-order valence-corrected chi connectivity index (χ4v) is 2.91. The Balaban J connectivity index is 0.000000278. The third-order valence-corrected chi connectivity index (χ3v) is 4.57. The van der Waals surface area contributed by atoms with Gasteiger partial charge in [0.15, 0.2) is 0 Å². The molecule has 0 saturated heterocycles. The number of hydrogen-bond donors (Lipinski definition) is 3. The summed E-state index contributed by atoms with van der Waals surface area (Å²) in [7, 11) is 0.